The number of fused-ring (bicyclic) bond motifs is 1. The molecule has 3 nitrogen and oxygen atoms in total. The van der Waals surface area contributed by atoms with E-state index in [4.69, 9.17) is 15.1 Å². The number of nitrogens with zero attached hydrogens (tertiary/aromatic N) is 2. The third-order valence-corrected chi connectivity index (χ3v) is 9.79. The highest BCUT2D eigenvalue weighted by Gasteiger charge is 2.37. The molecule has 0 saturated heterocycles. The van der Waals surface area contributed by atoms with Gasteiger partial charge in [-0.2, -0.15) is 0 Å². The molecule has 1 aromatic heterocycles. The maximum atomic E-state index is 8.93. The number of aliphatic hydroxyl groups is 1. The summed E-state index contributed by atoms with van der Waals surface area (Å²) in [6, 6.07) is 9.22. The Balaban J connectivity index is 1.37. The fourth-order valence-corrected chi connectivity index (χ4v) is 7.04. The third kappa shape index (κ3) is 7.68. The topological polar surface area (TPSA) is 46.0 Å². The number of rotatable bonds is 10. The largest absolute Gasteiger partial charge is 0.396 e. The standard InChI is InChI=1S/C35H54N2O/c1-34(2)22-23-35(3,4)31-26-29(19-20-30(31)34)32-21-24-36-33(37-32)28-17-11-10-15-27(16-13-18-28)14-9-7-5-6-8-12-25-38/h19-21,24,26-28,38H,5-18,22-23,25H2,1-4H3. The van der Waals surface area contributed by atoms with E-state index in [1.807, 2.05) is 6.20 Å². The van der Waals surface area contributed by atoms with Gasteiger partial charge in [0, 0.05) is 24.3 Å². The molecule has 1 heterocycles. The Morgan fingerprint density at radius 2 is 1.42 bits per heavy atom. The summed E-state index contributed by atoms with van der Waals surface area (Å²) in [5.74, 6) is 2.47. The number of benzene rings is 1. The number of aliphatic hydroxyl groups excluding tert-OH is 1. The highest BCUT2D eigenvalue weighted by molar-refractivity contribution is 5.62. The molecule has 1 aromatic carbocycles. The van der Waals surface area contributed by atoms with Crippen molar-refractivity contribution in [3.63, 3.8) is 0 Å². The van der Waals surface area contributed by atoms with Crippen molar-refractivity contribution >= 4 is 0 Å². The van der Waals surface area contributed by atoms with E-state index in [2.05, 4.69) is 52.0 Å². The van der Waals surface area contributed by atoms with Crippen molar-refractivity contribution in [3.05, 3.63) is 47.4 Å². The van der Waals surface area contributed by atoms with Crippen LogP contribution in [0.4, 0.5) is 0 Å². The van der Waals surface area contributed by atoms with Crippen LogP contribution in [0, 0.1) is 5.92 Å². The molecule has 1 N–H and O–H groups in total. The third-order valence-electron chi connectivity index (χ3n) is 9.79. The number of hydrogen-bond donors (Lipinski definition) is 1. The zero-order chi connectivity index (χ0) is 27.0. The van der Waals surface area contributed by atoms with Gasteiger partial charge in [-0.1, -0.05) is 110 Å². The van der Waals surface area contributed by atoms with E-state index in [9.17, 15) is 0 Å². The summed E-state index contributed by atoms with van der Waals surface area (Å²) in [7, 11) is 0. The minimum Gasteiger partial charge on any atom is -0.396 e. The summed E-state index contributed by atoms with van der Waals surface area (Å²) in [5, 5.41) is 8.93. The Kier molecular flexibility index (Phi) is 10.4. The van der Waals surface area contributed by atoms with Gasteiger partial charge in [0.1, 0.15) is 5.82 Å². The van der Waals surface area contributed by atoms with Crippen molar-refractivity contribution in [2.24, 2.45) is 5.92 Å². The normalized spacial score (nSPS) is 23.2. The first-order valence-electron chi connectivity index (χ1n) is 15.9. The molecule has 210 valence electrons. The van der Waals surface area contributed by atoms with Crippen LogP contribution in [-0.2, 0) is 10.8 Å². The summed E-state index contributed by atoms with van der Waals surface area (Å²) in [6.45, 7) is 9.95. The van der Waals surface area contributed by atoms with Crippen LogP contribution in [-0.4, -0.2) is 21.7 Å². The average Bonchev–Trinajstić information content (AvgIpc) is 3.03. The number of aromatic nitrogens is 2. The Hall–Kier alpha value is -1.74. The molecule has 0 spiro atoms. The first-order chi connectivity index (χ1) is 18.3. The van der Waals surface area contributed by atoms with E-state index in [1.54, 1.807) is 0 Å². The van der Waals surface area contributed by atoms with Gasteiger partial charge in [0.05, 0.1) is 5.69 Å². The molecule has 0 bridgehead atoms. The second-order valence-corrected chi connectivity index (χ2v) is 13.7. The number of unbranched alkanes of at least 4 members (excludes halogenated alkanes) is 5. The molecule has 1 fully saturated rings. The van der Waals surface area contributed by atoms with Crippen molar-refractivity contribution < 1.29 is 5.11 Å². The molecular weight excluding hydrogens is 464 g/mol. The van der Waals surface area contributed by atoms with Crippen LogP contribution in [0.3, 0.4) is 0 Å². The highest BCUT2D eigenvalue weighted by Crippen LogP contribution is 2.46. The van der Waals surface area contributed by atoms with Gasteiger partial charge in [0.2, 0.25) is 0 Å². The van der Waals surface area contributed by atoms with Crippen LogP contribution >= 0.6 is 0 Å². The fraction of sp³-hybridized carbons (Fsp3) is 0.714. The smallest absolute Gasteiger partial charge is 0.132 e. The van der Waals surface area contributed by atoms with Crippen molar-refractivity contribution in [3.8, 4) is 11.3 Å². The van der Waals surface area contributed by atoms with E-state index in [0.29, 0.717) is 12.5 Å². The quantitative estimate of drug-likeness (QED) is 0.318. The Labute approximate surface area is 233 Å². The lowest BCUT2D eigenvalue weighted by Crippen LogP contribution is -2.33. The molecule has 0 amide bonds. The second-order valence-electron chi connectivity index (χ2n) is 13.7. The van der Waals surface area contributed by atoms with E-state index < -0.39 is 0 Å². The van der Waals surface area contributed by atoms with Gasteiger partial charge >= 0.3 is 0 Å². The van der Waals surface area contributed by atoms with Gasteiger partial charge in [-0.25, -0.2) is 9.97 Å². The first kappa shape index (κ1) is 29.2. The molecule has 3 heteroatoms. The van der Waals surface area contributed by atoms with Crippen molar-refractivity contribution in [1.29, 1.82) is 0 Å². The van der Waals surface area contributed by atoms with Gasteiger partial charge in [0.15, 0.2) is 0 Å². The Morgan fingerprint density at radius 3 is 2.21 bits per heavy atom. The van der Waals surface area contributed by atoms with Crippen LogP contribution in [0.5, 0.6) is 0 Å². The zero-order valence-electron chi connectivity index (χ0n) is 24.9. The summed E-state index contributed by atoms with van der Waals surface area (Å²) in [4.78, 5) is 10.0. The van der Waals surface area contributed by atoms with E-state index >= 15 is 0 Å². The molecule has 2 unspecified atom stereocenters. The van der Waals surface area contributed by atoms with Gasteiger partial charge in [-0.05, 0) is 72.1 Å². The van der Waals surface area contributed by atoms with Crippen molar-refractivity contribution in [2.75, 3.05) is 6.61 Å². The second kappa shape index (κ2) is 13.6. The summed E-state index contributed by atoms with van der Waals surface area (Å²) < 4.78 is 0. The predicted octanol–water partition coefficient (Wildman–Crippen LogP) is 9.66. The number of hydrogen-bond acceptors (Lipinski definition) is 3. The predicted molar refractivity (Wildman–Crippen MR) is 161 cm³/mol. The average molecular weight is 519 g/mol. The van der Waals surface area contributed by atoms with E-state index in [1.165, 1.54) is 113 Å². The monoisotopic (exact) mass is 518 g/mol. The molecule has 0 radical (unpaired) electrons. The molecule has 2 atom stereocenters. The molecule has 2 aromatic rings. The maximum absolute atomic E-state index is 8.93. The lowest BCUT2D eigenvalue weighted by atomic mass is 9.63. The fourth-order valence-electron chi connectivity index (χ4n) is 7.04. The van der Waals surface area contributed by atoms with Gasteiger partial charge in [-0.3, -0.25) is 0 Å². The zero-order valence-corrected chi connectivity index (χ0v) is 24.9. The van der Waals surface area contributed by atoms with Crippen molar-refractivity contribution in [2.45, 2.75) is 147 Å². The minimum atomic E-state index is 0.213. The van der Waals surface area contributed by atoms with E-state index in [-0.39, 0.29) is 10.8 Å². The van der Waals surface area contributed by atoms with Crippen LogP contribution in [0.25, 0.3) is 11.3 Å². The molecule has 2 aliphatic rings. The van der Waals surface area contributed by atoms with Gasteiger partial charge in [-0.15, -0.1) is 0 Å². The summed E-state index contributed by atoms with van der Waals surface area (Å²) >= 11 is 0. The maximum Gasteiger partial charge on any atom is 0.132 e. The SMILES string of the molecule is CC1(C)CCC(C)(C)c2cc(-c3ccnc(C4CCCCC(CCCCCCCCO)CCC4)n3)ccc21. The van der Waals surface area contributed by atoms with Gasteiger partial charge in [0.25, 0.3) is 0 Å². The molecule has 2 aliphatic carbocycles. The molecule has 38 heavy (non-hydrogen) atoms. The van der Waals surface area contributed by atoms with Crippen molar-refractivity contribution in [1.82, 2.24) is 9.97 Å². The molecule has 0 aliphatic heterocycles. The van der Waals surface area contributed by atoms with Gasteiger partial charge < -0.3 is 5.11 Å². The Bertz CT molecular complexity index is 1010. The summed E-state index contributed by atoms with van der Waals surface area (Å²) in [5.41, 5.74) is 5.82. The van der Waals surface area contributed by atoms with E-state index in [0.717, 1.165) is 23.9 Å². The lowest BCUT2D eigenvalue weighted by molar-refractivity contribution is 0.282. The summed E-state index contributed by atoms with van der Waals surface area (Å²) in [6.07, 6.45) is 22.6. The van der Waals surface area contributed by atoms with Crippen LogP contribution in [0.2, 0.25) is 0 Å². The first-order valence-corrected chi connectivity index (χ1v) is 15.9. The van der Waals surface area contributed by atoms with Crippen LogP contribution < -0.4 is 0 Å². The minimum absolute atomic E-state index is 0.213. The lowest BCUT2D eigenvalue weighted by Gasteiger charge is -2.42. The van der Waals surface area contributed by atoms with Crippen LogP contribution in [0.15, 0.2) is 30.5 Å². The van der Waals surface area contributed by atoms with Crippen LogP contribution in [0.1, 0.15) is 153 Å². The molecular formula is C35H54N2O. The Morgan fingerprint density at radius 1 is 0.763 bits per heavy atom. The highest BCUT2D eigenvalue weighted by atomic mass is 16.2. The molecule has 4 rings (SSSR count). The molecule has 1 saturated carbocycles.